The zero-order valence-corrected chi connectivity index (χ0v) is 17.8. The van der Waals surface area contributed by atoms with Crippen LogP contribution in [0.25, 0.3) is 0 Å². The van der Waals surface area contributed by atoms with Crippen LogP contribution in [0.3, 0.4) is 0 Å². The van der Waals surface area contributed by atoms with Crippen LogP contribution in [0.1, 0.15) is 30.9 Å². The van der Waals surface area contributed by atoms with E-state index in [0.717, 1.165) is 31.4 Å². The first-order valence-electron chi connectivity index (χ1n) is 9.74. The Morgan fingerprint density at radius 3 is 2.42 bits per heavy atom. The first kappa shape index (κ1) is 25.4. The number of hydrogen-bond acceptors (Lipinski definition) is 5. The molecule has 2 aliphatic rings. The SMILES string of the molecule is COCC=C1CN(C(C(=O)C2CC2)c2ccccc2F)CCC1S.O=C(O)C(F)(F)F. The van der Waals surface area contributed by atoms with Crippen molar-refractivity contribution in [1.82, 2.24) is 4.90 Å². The van der Waals surface area contributed by atoms with Crippen LogP contribution in [-0.4, -0.2) is 60.0 Å². The molecule has 2 atom stereocenters. The van der Waals surface area contributed by atoms with Gasteiger partial charge >= 0.3 is 12.1 Å². The third kappa shape index (κ3) is 7.33. The van der Waals surface area contributed by atoms with Gasteiger partial charge in [0.1, 0.15) is 5.82 Å². The molecule has 5 nitrogen and oxygen atoms in total. The number of hydrogen-bond donors (Lipinski definition) is 2. The highest BCUT2D eigenvalue weighted by Crippen LogP contribution is 2.39. The zero-order chi connectivity index (χ0) is 23.2. The Kier molecular flexibility index (Phi) is 9.08. The topological polar surface area (TPSA) is 66.8 Å². The van der Waals surface area contributed by atoms with Crippen molar-refractivity contribution >= 4 is 24.4 Å². The van der Waals surface area contributed by atoms with Gasteiger partial charge in [-0.25, -0.2) is 9.18 Å². The summed E-state index contributed by atoms with van der Waals surface area (Å²) in [5, 5.41) is 7.30. The number of rotatable bonds is 6. The van der Waals surface area contributed by atoms with Gasteiger partial charge in [-0.05, 0) is 30.9 Å². The molecule has 0 aromatic heterocycles. The number of methoxy groups -OCH3 is 1. The van der Waals surface area contributed by atoms with E-state index >= 15 is 0 Å². The Balaban J connectivity index is 0.000000423. The van der Waals surface area contributed by atoms with Crippen molar-refractivity contribution in [2.45, 2.75) is 36.7 Å². The number of ketones is 1. The molecule has 1 saturated carbocycles. The molecule has 1 aliphatic carbocycles. The Morgan fingerprint density at radius 1 is 1.29 bits per heavy atom. The van der Waals surface area contributed by atoms with Gasteiger partial charge in [0, 0.05) is 36.9 Å². The number of carboxylic acids is 1. The molecule has 1 aromatic rings. The maximum Gasteiger partial charge on any atom is 0.490 e. The summed E-state index contributed by atoms with van der Waals surface area (Å²) in [4.78, 5) is 23.9. The van der Waals surface area contributed by atoms with E-state index in [-0.39, 0.29) is 22.8 Å². The summed E-state index contributed by atoms with van der Waals surface area (Å²) in [5.74, 6) is -2.81. The second-order valence-corrected chi connectivity index (χ2v) is 8.04. The van der Waals surface area contributed by atoms with Crippen LogP contribution in [0.2, 0.25) is 0 Å². The molecule has 3 rings (SSSR count). The minimum atomic E-state index is -5.08. The van der Waals surface area contributed by atoms with Crippen LogP contribution in [0.4, 0.5) is 17.6 Å². The fourth-order valence-corrected chi connectivity index (χ4v) is 3.62. The highest BCUT2D eigenvalue weighted by Gasteiger charge is 2.41. The second-order valence-electron chi connectivity index (χ2n) is 7.41. The molecule has 172 valence electrons. The van der Waals surface area contributed by atoms with Crippen LogP contribution in [0, 0.1) is 11.7 Å². The van der Waals surface area contributed by atoms with Gasteiger partial charge in [0.15, 0.2) is 5.78 Å². The smallest absolute Gasteiger partial charge is 0.475 e. The van der Waals surface area contributed by atoms with Crippen molar-refractivity contribution < 1.29 is 37.0 Å². The number of Topliss-reactive ketones (excluding diaryl/α,β-unsaturated/α-hetero) is 1. The average Bonchev–Trinajstić information content (AvgIpc) is 3.55. The first-order valence-corrected chi connectivity index (χ1v) is 10.3. The van der Waals surface area contributed by atoms with Crippen molar-refractivity contribution in [1.29, 1.82) is 0 Å². The number of thiol groups is 1. The lowest BCUT2D eigenvalue weighted by Gasteiger charge is -2.37. The van der Waals surface area contributed by atoms with Gasteiger partial charge in [0.2, 0.25) is 0 Å². The molecule has 1 aliphatic heterocycles. The molecule has 31 heavy (non-hydrogen) atoms. The van der Waals surface area contributed by atoms with Gasteiger partial charge in [0.25, 0.3) is 0 Å². The standard InChI is InChI=1S/C19H24FNO2S.C2HF3O2/c1-23-11-9-14-12-21(10-8-17(14)24)18(19(22)13-6-7-13)15-4-2-3-5-16(15)20;3-2(4,5)1(6)7/h2-5,9,13,17-18,24H,6-8,10-12H2,1H3;(H,6,7). The summed E-state index contributed by atoms with van der Waals surface area (Å²) >= 11 is 4.64. The third-order valence-electron chi connectivity index (χ3n) is 5.07. The number of ether oxygens (including phenoxy) is 1. The van der Waals surface area contributed by atoms with Gasteiger partial charge in [-0.1, -0.05) is 24.3 Å². The minimum absolute atomic E-state index is 0.0923. The van der Waals surface area contributed by atoms with Crippen molar-refractivity contribution in [3.63, 3.8) is 0 Å². The fourth-order valence-electron chi connectivity index (χ4n) is 3.32. The number of benzene rings is 1. The average molecular weight is 463 g/mol. The van der Waals surface area contributed by atoms with E-state index in [1.807, 2.05) is 6.08 Å². The molecule has 0 spiro atoms. The molecular weight excluding hydrogens is 438 g/mol. The molecule has 1 aromatic carbocycles. The summed E-state index contributed by atoms with van der Waals surface area (Å²) in [5.41, 5.74) is 1.65. The van der Waals surface area contributed by atoms with Gasteiger partial charge in [-0.15, -0.1) is 0 Å². The van der Waals surface area contributed by atoms with Crippen molar-refractivity contribution in [2.75, 3.05) is 26.8 Å². The number of aliphatic carboxylic acids is 1. The number of carboxylic acid groups (broad SMARTS) is 1. The van der Waals surface area contributed by atoms with E-state index in [4.69, 9.17) is 14.6 Å². The monoisotopic (exact) mass is 463 g/mol. The summed E-state index contributed by atoms with van der Waals surface area (Å²) in [6.45, 7) is 1.91. The molecule has 0 amide bonds. The summed E-state index contributed by atoms with van der Waals surface area (Å²) in [6.07, 6.45) is -0.343. The zero-order valence-electron chi connectivity index (χ0n) is 16.9. The van der Waals surface area contributed by atoms with Crippen molar-refractivity contribution in [2.24, 2.45) is 5.92 Å². The van der Waals surface area contributed by atoms with Gasteiger partial charge < -0.3 is 9.84 Å². The number of alkyl halides is 3. The molecule has 0 bridgehead atoms. The van der Waals surface area contributed by atoms with E-state index in [2.05, 4.69) is 17.5 Å². The quantitative estimate of drug-likeness (QED) is 0.379. The Morgan fingerprint density at radius 2 is 1.90 bits per heavy atom. The molecular formula is C21H25F4NO4S. The van der Waals surface area contributed by atoms with E-state index in [9.17, 15) is 22.4 Å². The van der Waals surface area contributed by atoms with Gasteiger partial charge in [-0.2, -0.15) is 25.8 Å². The molecule has 1 heterocycles. The van der Waals surface area contributed by atoms with E-state index in [1.165, 1.54) is 6.07 Å². The number of carbonyl (C=O) groups excluding carboxylic acids is 1. The predicted octanol–water partition coefficient (Wildman–Crippen LogP) is 4.06. The first-order chi connectivity index (χ1) is 14.6. The maximum absolute atomic E-state index is 14.4. The Labute approximate surface area is 183 Å². The lowest BCUT2D eigenvalue weighted by molar-refractivity contribution is -0.192. The lowest BCUT2D eigenvalue weighted by Crippen LogP contribution is -2.42. The van der Waals surface area contributed by atoms with Crippen LogP contribution in [0.15, 0.2) is 35.9 Å². The summed E-state index contributed by atoms with van der Waals surface area (Å²) in [6, 6.07) is 6.16. The Bertz CT molecular complexity index is 811. The van der Waals surface area contributed by atoms with Crippen LogP contribution in [0.5, 0.6) is 0 Å². The number of halogens is 4. The molecule has 0 radical (unpaired) electrons. The molecule has 2 unspecified atom stereocenters. The fraction of sp³-hybridized carbons (Fsp3) is 0.524. The third-order valence-corrected chi connectivity index (χ3v) is 5.66. The van der Waals surface area contributed by atoms with E-state index in [0.29, 0.717) is 18.7 Å². The maximum atomic E-state index is 14.4. The molecule has 2 fully saturated rings. The Hall–Kier alpha value is -1.91. The van der Waals surface area contributed by atoms with Crippen LogP contribution >= 0.6 is 12.6 Å². The number of carbonyl (C=O) groups is 2. The minimum Gasteiger partial charge on any atom is -0.475 e. The number of nitrogens with zero attached hydrogens (tertiary/aromatic N) is 1. The lowest BCUT2D eigenvalue weighted by atomic mass is 9.93. The number of likely N-dealkylation sites (tertiary alicyclic amines) is 1. The van der Waals surface area contributed by atoms with Gasteiger partial charge in [0.05, 0.1) is 12.6 Å². The largest absolute Gasteiger partial charge is 0.490 e. The van der Waals surface area contributed by atoms with Crippen molar-refractivity contribution in [3.8, 4) is 0 Å². The molecule has 1 N–H and O–H groups in total. The van der Waals surface area contributed by atoms with Gasteiger partial charge in [-0.3, -0.25) is 9.69 Å². The highest BCUT2D eigenvalue weighted by atomic mass is 32.1. The van der Waals surface area contributed by atoms with Crippen LogP contribution in [-0.2, 0) is 14.3 Å². The van der Waals surface area contributed by atoms with E-state index in [1.54, 1.807) is 25.3 Å². The molecule has 1 saturated heterocycles. The summed E-state index contributed by atoms with van der Waals surface area (Å²) < 4.78 is 51.3. The second kappa shape index (κ2) is 11.1. The van der Waals surface area contributed by atoms with E-state index < -0.39 is 18.2 Å². The normalized spacial score (nSPS) is 21.9. The summed E-state index contributed by atoms with van der Waals surface area (Å²) in [7, 11) is 1.66. The number of piperidine rings is 1. The predicted molar refractivity (Wildman–Crippen MR) is 109 cm³/mol. The highest BCUT2D eigenvalue weighted by molar-refractivity contribution is 7.81. The van der Waals surface area contributed by atoms with Crippen molar-refractivity contribution in [3.05, 3.63) is 47.3 Å². The molecule has 10 heteroatoms. The van der Waals surface area contributed by atoms with Crippen LogP contribution < -0.4 is 0 Å².